The monoisotopic (exact) mass is 1360 g/mol. The first-order valence-electron chi connectivity index (χ1n) is 29.9. The Bertz CT molecular complexity index is 2350. The number of nitrogens with one attached hydrogen (secondary N) is 2. The number of ether oxygens (including phenoxy) is 15. The van der Waals surface area contributed by atoms with E-state index in [1.807, 2.05) is 0 Å². The predicted molar refractivity (Wildman–Crippen MR) is 285 cm³/mol. The van der Waals surface area contributed by atoms with Gasteiger partial charge in [-0.25, -0.2) is 0 Å². The first kappa shape index (κ1) is 76.2. The van der Waals surface area contributed by atoms with Gasteiger partial charge in [-0.15, -0.1) is 0 Å². The van der Waals surface area contributed by atoms with E-state index in [9.17, 15) is 122 Å². The molecule has 0 aliphatic carbocycles. The fourth-order valence-electron chi connectivity index (χ4n) is 12.2. The molecule has 0 radical (unpaired) electrons. The highest BCUT2D eigenvalue weighted by molar-refractivity contribution is 5.73. The van der Waals surface area contributed by atoms with E-state index < -0.39 is 297 Å². The van der Waals surface area contributed by atoms with Crippen LogP contribution < -0.4 is 10.6 Å². The molecule has 8 saturated heterocycles. The lowest BCUT2D eigenvalue weighted by Crippen LogP contribution is -2.72. The van der Waals surface area contributed by atoms with Crippen LogP contribution in [0, 0.1) is 0 Å². The van der Waals surface area contributed by atoms with Gasteiger partial charge in [-0.3, -0.25) is 9.59 Å². The Morgan fingerprint density at radius 2 is 0.559 bits per heavy atom. The number of rotatable bonds is 22. The van der Waals surface area contributed by atoms with Crippen LogP contribution in [-0.4, -0.2) is 409 Å². The zero-order valence-electron chi connectivity index (χ0n) is 50.1. The van der Waals surface area contributed by atoms with Gasteiger partial charge in [0, 0.05) is 13.8 Å². The van der Waals surface area contributed by atoms with E-state index in [2.05, 4.69) is 10.6 Å². The third-order valence-electron chi connectivity index (χ3n) is 17.4. The third kappa shape index (κ3) is 16.2. The molecule has 0 saturated carbocycles. The molecule has 540 valence electrons. The minimum atomic E-state index is -2.47. The molecule has 93 heavy (non-hydrogen) atoms. The van der Waals surface area contributed by atoms with Gasteiger partial charge >= 0.3 is 0 Å². The molecule has 41 heteroatoms. The van der Waals surface area contributed by atoms with Crippen molar-refractivity contribution in [2.24, 2.45) is 0 Å². The second-order valence-corrected chi connectivity index (χ2v) is 23.8. The molecule has 8 aliphatic rings. The van der Waals surface area contributed by atoms with Crippen LogP contribution in [0.1, 0.15) is 27.7 Å². The normalized spacial score (nSPS) is 51.6. The number of carbonyl (C=O) groups excluding carboxylic acids is 2. The molecule has 40 atom stereocenters. The van der Waals surface area contributed by atoms with Crippen molar-refractivity contribution in [1.82, 2.24) is 10.6 Å². The molecule has 0 aromatic carbocycles. The Morgan fingerprint density at radius 3 is 0.914 bits per heavy atom. The molecule has 24 N–H and O–H groups in total. The van der Waals surface area contributed by atoms with Crippen molar-refractivity contribution in [2.75, 3.05) is 39.6 Å². The van der Waals surface area contributed by atoms with Crippen molar-refractivity contribution in [3.63, 3.8) is 0 Å². The first-order chi connectivity index (χ1) is 43.9. The van der Waals surface area contributed by atoms with Gasteiger partial charge in [-0.05, 0) is 13.8 Å². The van der Waals surface area contributed by atoms with Crippen LogP contribution in [0.2, 0.25) is 0 Å². The fourth-order valence-corrected chi connectivity index (χ4v) is 12.2. The standard InChI is InChI=1S/C52H88N2O39/c1-11-23(63)28(68)33(73)48(79-11)88-39-19(9-59)85-46(21(53-13(3)61)41(39)90-50-35(75)30(70)25(65)15(5-55)82-50)93-44-27(67)17(7-57)84-52(37(44)77)91-42-22(54-14(4)62)47(86-20(10-60)40(42)89-49-34(74)29(69)24(64)12(2)80-49)92-43-26(66)16(6-56)83-51(36(43)76)87-38-18(8-58)81-45(78)32(72)31(38)71/h11-12,15-52,55-60,63-78H,5-10H2,1-4H3,(H,53,61)(H,54,62)/t11-,12-,15+,16+,17+,18+,19+,20+,21+,22+,23+,24+,25-,26-,27-,28+,29+,30-,31+,32+,33-,34-,35+,36+,37+,38+,39+,40+,41+,42+,43-,44-,45?,46-,47-,48-,49-,50-,51-,52-/m0/s1. The Kier molecular flexibility index (Phi) is 26.7. The molecule has 0 spiro atoms. The molecule has 8 heterocycles. The van der Waals surface area contributed by atoms with Crippen LogP contribution in [0.15, 0.2) is 0 Å². The van der Waals surface area contributed by atoms with E-state index in [0.29, 0.717) is 0 Å². The Hall–Kier alpha value is -2.54. The van der Waals surface area contributed by atoms with Gasteiger partial charge in [0.15, 0.2) is 50.3 Å². The molecule has 0 aromatic rings. The minimum Gasteiger partial charge on any atom is -0.394 e. The van der Waals surface area contributed by atoms with Gasteiger partial charge in [0.05, 0.1) is 51.8 Å². The Labute approximate surface area is 527 Å². The highest BCUT2D eigenvalue weighted by Gasteiger charge is 2.61. The zero-order valence-corrected chi connectivity index (χ0v) is 50.1. The second-order valence-electron chi connectivity index (χ2n) is 23.8. The summed E-state index contributed by atoms with van der Waals surface area (Å²) in [6, 6.07) is -3.96. The number of hydrogen-bond donors (Lipinski definition) is 24. The van der Waals surface area contributed by atoms with Gasteiger partial charge in [-0.1, -0.05) is 0 Å². The molecular formula is C52H88N2O39. The van der Waals surface area contributed by atoms with Crippen LogP contribution in [0.3, 0.4) is 0 Å². The van der Waals surface area contributed by atoms with E-state index in [1.165, 1.54) is 13.8 Å². The van der Waals surface area contributed by atoms with Crippen molar-refractivity contribution >= 4 is 11.8 Å². The van der Waals surface area contributed by atoms with Crippen molar-refractivity contribution in [2.45, 2.75) is 273 Å². The summed E-state index contributed by atoms with van der Waals surface area (Å²) in [6.07, 6.45) is -75.6. The maximum Gasteiger partial charge on any atom is 0.217 e. The van der Waals surface area contributed by atoms with E-state index in [4.69, 9.17) is 71.1 Å². The summed E-state index contributed by atoms with van der Waals surface area (Å²) in [7, 11) is 0. The van der Waals surface area contributed by atoms with Gasteiger partial charge in [-0.2, -0.15) is 0 Å². The Balaban J connectivity index is 1.16. The summed E-state index contributed by atoms with van der Waals surface area (Å²) in [5, 5.41) is 245. The first-order valence-corrected chi connectivity index (χ1v) is 29.9. The van der Waals surface area contributed by atoms with Crippen LogP contribution in [0.4, 0.5) is 0 Å². The smallest absolute Gasteiger partial charge is 0.217 e. The van der Waals surface area contributed by atoms with Crippen molar-refractivity contribution < 1.29 is 193 Å². The van der Waals surface area contributed by atoms with Gasteiger partial charge in [0.2, 0.25) is 11.8 Å². The van der Waals surface area contributed by atoms with Gasteiger partial charge in [0.1, 0.15) is 183 Å². The quantitative estimate of drug-likeness (QED) is 0.0479. The fraction of sp³-hybridized carbons (Fsp3) is 0.962. The number of aliphatic hydroxyl groups excluding tert-OH is 22. The summed E-state index contributed by atoms with van der Waals surface area (Å²) in [5.74, 6) is -1.94. The number of amides is 2. The highest BCUT2D eigenvalue weighted by atomic mass is 16.8. The van der Waals surface area contributed by atoms with E-state index >= 15 is 0 Å². The van der Waals surface area contributed by atoms with E-state index in [1.54, 1.807) is 0 Å². The Morgan fingerprint density at radius 1 is 0.280 bits per heavy atom. The summed E-state index contributed by atoms with van der Waals surface area (Å²) in [6.45, 7) is -2.10. The number of hydrogen-bond acceptors (Lipinski definition) is 39. The average molecular weight is 1370 g/mol. The number of aliphatic hydroxyl groups is 22. The summed E-state index contributed by atoms with van der Waals surface area (Å²) < 4.78 is 89.0. The average Bonchev–Trinajstić information content (AvgIpc) is 0.820. The van der Waals surface area contributed by atoms with E-state index in [-0.39, 0.29) is 0 Å². The van der Waals surface area contributed by atoms with Crippen LogP contribution >= 0.6 is 0 Å². The molecule has 0 bridgehead atoms. The maximum absolute atomic E-state index is 13.4. The highest BCUT2D eigenvalue weighted by Crippen LogP contribution is 2.40. The van der Waals surface area contributed by atoms with Crippen LogP contribution in [0.5, 0.6) is 0 Å². The van der Waals surface area contributed by atoms with Crippen molar-refractivity contribution in [1.29, 1.82) is 0 Å². The molecule has 8 fully saturated rings. The molecule has 2 amide bonds. The summed E-state index contributed by atoms with van der Waals surface area (Å²) in [4.78, 5) is 26.7. The second kappa shape index (κ2) is 32.6. The maximum atomic E-state index is 13.4. The van der Waals surface area contributed by atoms with Crippen molar-refractivity contribution in [3.8, 4) is 0 Å². The summed E-state index contributed by atoms with van der Waals surface area (Å²) in [5.41, 5.74) is 0. The van der Waals surface area contributed by atoms with Crippen LogP contribution in [0.25, 0.3) is 0 Å². The molecule has 8 aliphatic heterocycles. The number of carbonyl (C=O) groups is 2. The topological polar surface area (TPSA) is 642 Å². The van der Waals surface area contributed by atoms with Gasteiger partial charge < -0.3 is 194 Å². The van der Waals surface area contributed by atoms with Gasteiger partial charge in [0.25, 0.3) is 0 Å². The molecule has 0 aromatic heterocycles. The molecule has 8 rings (SSSR count). The minimum absolute atomic E-state index is 0.936. The lowest BCUT2D eigenvalue weighted by atomic mass is 9.93. The molecule has 41 nitrogen and oxygen atoms in total. The SMILES string of the molecule is CC(=O)N[C@H]1[C@H](O[C@H]2[C@@H](O)[C@@H](CO)O[C@@H](O[C@@H]3[C@@H](NC(C)=O)[C@H](O[C@H]4[C@@H](O)[C@@H](CO)O[C@@H](O[C@H]5[C@H](O)[C@@H](O)C(O)O[C@@H]5CO)[C@@H]4O)O[C@H](CO)[C@H]3O[C@@H]3O[C@@H](C)[C@@H](O)[C@@H](O)[C@@H]3O)[C@@H]2O)O[C@H](CO)[C@@H](O[C@@H]2O[C@@H](C)[C@@H](O)[C@@H](O)[C@@H]2O)[C@@H]1O[C@@H]1O[C@H](CO)[C@H](O)[C@H](O)[C@H]1O. The largest absolute Gasteiger partial charge is 0.394 e. The molecule has 1 unspecified atom stereocenters. The summed E-state index contributed by atoms with van der Waals surface area (Å²) >= 11 is 0. The third-order valence-corrected chi connectivity index (χ3v) is 17.4. The van der Waals surface area contributed by atoms with E-state index in [0.717, 1.165) is 13.8 Å². The zero-order chi connectivity index (χ0) is 68.5. The van der Waals surface area contributed by atoms with Crippen LogP contribution in [-0.2, 0) is 80.6 Å². The van der Waals surface area contributed by atoms with Crippen molar-refractivity contribution in [3.05, 3.63) is 0 Å². The molecular weight excluding hydrogens is 1280 g/mol. The predicted octanol–water partition coefficient (Wildman–Crippen LogP) is -16.1. The lowest BCUT2D eigenvalue weighted by molar-refractivity contribution is -0.399. The lowest BCUT2D eigenvalue weighted by Gasteiger charge is -2.52.